The van der Waals surface area contributed by atoms with Gasteiger partial charge in [0.2, 0.25) is 0 Å². The predicted molar refractivity (Wildman–Crippen MR) is 103 cm³/mol. The van der Waals surface area contributed by atoms with Crippen molar-refractivity contribution in [1.29, 1.82) is 5.26 Å². The molecule has 0 amide bonds. The highest BCUT2D eigenvalue weighted by molar-refractivity contribution is 7.98. The van der Waals surface area contributed by atoms with Crippen LogP contribution in [0.2, 0.25) is 0 Å². The standard InChI is InChI=1S/C20H17FN4OS/c1-13-2-4-14(5-3-13)12-27-20-24-18(17(10-22)19(23)25-20)11-26-16-8-6-15(21)7-9-16/h2-9H,11-12H2,1H3,(H2,23,24,25). The molecule has 0 unspecified atom stereocenters. The zero-order valence-corrected chi connectivity index (χ0v) is 15.5. The lowest BCUT2D eigenvalue weighted by molar-refractivity contribution is 0.299. The van der Waals surface area contributed by atoms with Crippen LogP contribution in [-0.2, 0) is 12.4 Å². The second-order valence-electron chi connectivity index (χ2n) is 5.84. The van der Waals surface area contributed by atoms with Crippen molar-refractivity contribution in [3.8, 4) is 11.8 Å². The van der Waals surface area contributed by atoms with E-state index in [9.17, 15) is 9.65 Å². The summed E-state index contributed by atoms with van der Waals surface area (Å²) in [6, 6.07) is 15.8. The van der Waals surface area contributed by atoms with Gasteiger partial charge in [0.15, 0.2) is 5.16 Å². The molecule has 1 heterocycles. The summed E-state index contributed by atoms with van der Waals surface area (Å²) in [5.74, 6) is 0.938. The number of nitrogens with two attached hydrogens (primary N) is 1. The number of nitrogens with zero attached hydrogens (tertiary/aromatic N) is 3. The molecular formula is C20H17FN4OS. The van der Waals surface area contributed by atoms with E-state index in [0.29, 0.717) is 22.4 Å². The van der Waals surface area contributed by atoms with Gasteiger partial charge in [-0.1, -0.05) is 41.6 Å². The highest BCUT2D eigenvalue weighted by atomic mass is 32.2. The first kappa shape index (κ1) is 18.7. The fourth-order valence-electron chi connectivity index (χ4n) is 2.31. The smallest absolute Gasteiger partial charge is 0.190 e. The van der Waals surface area contributed by atoms with Crippen LogP contribution < -0.4 is 10.5 Å². The van der Waals surface area contributed by atoms with Gasteiger partial charge >= 0.3 is 0 Å². The van der Waals surface area contributed by atoms with Gasteiger partial charge in [0, 0.05) is 5.75 Å². The molecule has 2 N–H and O–H groups in total. The Balaban J connectivity index is 1.75. The van der Waals surface area contributed by atoms with Gasteiger partial charge in [0.25, 0.3) is 0 Å². The molecule has 0 atom stereocenters. The van der Waals surface area contributed by atoms with E-state index in [2.05, 4.69) is 9.97 Å². The summed E-state index contributed by atoms with van der Waals surface area (Å²) in [6.07, 6.45) is 0. The van der Waals surface area contributed by atoms with Crippen molar-refractivity contribution < 1.29 is 9.13 Å². The van der Waals surface area contributed by atoms with E-state index in [-0.39, 0.29) is 23.8 Å². The van der Waals surface area contributed by atoms with E-state index in [1.54, 1.807) is 0 Å². The van der Waals surface area contributed by atoms with Crippen molar-refractivity contribution in [2.45, 2.75) is 24.4 Å². The maximum Gasteiger partial charge on any atom is 0.190 e. The largest absolute Gasteiger partial charge is 0.487 e. The number of hydrogen-bond donors (Lipinski definition) is 1. The highest BCUT2D eigenvalue weighted by Gasteiger charge is 2.13. The van der Waals surface area contributed by atoms with Gasteiger partial charge in [-0.25, -0.2) is 14.4 Å². The van der Waals surface area contributed by atoms with Crippen LogP contribution in [0.1, 0.15) is 22.4 Å². The molecule has 7 heteroatoms. The third-order valence-corrected chi connectivity index (χ3v) is 4.70. The van der Waals surface area contributed by atoms with Crippen molar-refractivity contribution in [3.63, 3.8) is 0 Å². The van der Waals surface area contributed by atoms with E-state index in [0.717, 1.165) is 5.56 Å². The molecule has 0 spiro atoms. The molecule has 0 saturated carbocycles. The number of halogens is 1. The molecule has 2 aromatic carbocycles. The number of rotatable bonds is 6. The Morgan fingerprint density at radius 2 is 1.81 bits per heavy atom. The minimum absolute atomic E-state index is 0.0410. The predicted octanol–water partition coefficient (Wildman–Crippen LogP) is 4.25. The summed E-state index contributed by atoms with van der Waals surface area (Å²) in [5.41, 5.74) is 8.85. The average molecular weight is 380 g/mol. The van der Waals surface area contributed by atoms with Gasteiger partial charge in [-0.3, -0.25) is 0 Å². The summed E-state index contributed by atoms with van der Waals surface area (Å²) in [7, 11) is 0. The Kier molecular flexibility index (Phi) is 5.89. The fraction of sp³-hybridized carbons (Fsp3) is 0.150. The van der Waals surface area contributed by atoms with Crippen LogP contribution in [-0.4, -0.2) is 9.97 Å². The third kappa shape index (κ3) is 4.96. The van der Waals surface area contributed by atoms with Crippen LogP contribution in [0.5, 0.6) is 5.75 Å². The summed E-state index contributed by atoms with van der Waals surface area (Å²) in [4.78, 5) is 8.63. The van der Waals surface area contributed by atoms with Gasteiger partial charge in [0.05, 0.1) is 0 Å². The number of aromatic nitrogens is 2. The Labute approximate surface area is 161 Å². The molecule has 27 heavy (non-hydrogen) atoms. The van der Waals surface area contributed by atoms with Crippen molar-refractivity contribution >= 4 is 17.6 Å². The number of nitriles is 1. The maximum atomic E-state index is 13.0. The minimum atomic E-state index is -0.346. The third-order valence-electron chi connectivity index (χ3n) is 3.78. The Hall–Kier alpha value is -3.11. The summed E-state index contributed by atoms with van der Waals surface area (Å²) in [6.45, 7) is 2.08. The molecular weight excluding hydrogens is 363 g/mol. The number of hydrogen-bond acceptors (Lipinski definition) is 6. The second kappa shape index (κ2) is 8.52. The normalized spacial score (nSPS) is 10.4. The maximum absolute atomic E-state index is 13.0. The van der Waals surface area contributed by atoms with E-state index < -0.39 is 0 Å². The lowest BCUT2D eigenvalue weighted by Gasteiger charge is -2.10. The van der Waals surface area contributed by atoms with Crippen LogP contribution in [0, 0.1) is 24.1 Å². The molecule has 0 radical (unpaired) electrons. The van der Waals surface area contributed by atoms with Crippen LogP contribution in [0.4, 0.5) is 10.2 Å². The molecule has 0 aliphatic heterocycles. The van der Waals surface area contributed by atoms with E-state index in [1.807, 2.05) is 37.3 Å². The molecule has 1 aromatic heterocycles. The molecule has 0 aliphatic rings. The number of benzene rings is 2. The Morgan fingerprint density at radius 3 is 2.48 bits per heavy atom. The van der Waals surface area contributed by atoms with Crippen LogP contribution in [0.25, 0.3) is 0 Å². The van der Waals surface area contributed by atoms with Crippen LogP contribution in [0.3, 0.4) is 0 Å². The van der Waals surface area contributed by atoms with Gasteiger partial charge < -0.3 is 10.5 Å². The first-order valence-electron chi connectivity index (χ1n) is 8.18. The molecule has 0 saturated heterocycles. The molecule has 0 fully saturated rings. The fourth-order valence-corrected chi connectivity index (χ4v) is 3.13. The average Bonchev–Trinajstić information content (AvgIpc) is 2.67. The second-order valence-corrected chi connectivity index (χ2v) is 6.78. The molecule has 0 aliphatic carbocycles. The topological polar surface area (TPSA) is 84.8 Å². The van der Waals surface area contributed by atoms with Crippen molar-refractivity contribution in [1.82, 2.24) is 9.97 Å². The Morgan fingerprint density at radius 1 is 1.11 bits per heavy atom. The van der Waals surface area contributed by atoms with Gasteiger partial charge in [-0.15, -0.1) is 0 Å². The number of anilines is 1. The SMILES string of the molecule is Cc1ccc(CSc2nc(N)c(C#N)c(COc3ccc(F)cc3)n2)cc1. The molecule has 3 rings (SSSR count). The first-order valence-corrected chi connectivity index (χ1v) is 9.17. The first-order chi connectivity index (χ1) is 13.0. The summed E-state index contributed by atoms with van der Waals surface area (Å²) < 4.78 is 18.6. The molecule has 3 aromatic rings. The molecule has 136 valence electrons. The summed E-state index contributed by atoms with van der Waals surface area (Å²) in [5, 5.41) is 9.81. The summed E-state index contributed by atoms with van der Waals surface area (Å²) >= 11 is 1.43. The van der Waals surface area contributed by atoms with Crippen LogP contribution in [0.15, 0.2) is 53.7 Å². The molecule has 0 bridgehead atoms. The van der Waals surface area contributed by atoms with Crippen molar-refractivity contribution in [2.75, 3.05) is 5.73 Å². The lowest BCUT2D eigenvalue weighted by Crippen LogP contribution is -2.08. The van der Waals surface area contributed by atoms with Crippen molar-refractivity contribution in [2.24, 2.45) is 0 Å². The zero-order valence-electron chi connectivity index (χ0n) is 14.6. The lowest BCUT2D eigenvalue weighted by atomic mass is 10.2. The van der Waals surface area contributed by atoms with E-state index in [1.165, 1.54) is 41.6 Å². The van der Waals surface area contributed by atoms with Crippen molar-refractivity contribution in [3.05, 3.63) is 76.7 Å². The minimum Gasteiger partial charge on any atom is -0.487 e. The van der Waals surface area contributed by atoms with Crippen LogP contribution >= 0.6 is 11.8 Å². The quantitative estimate of drug-likeness (QED) is 0.508. The highest BCUT2D eigenvalue weighted by Crippen LogP contribution is 2.24. The zero-order chi connectivity index (χ0) is 19.2. The number of nitrogen functional groups attached to an aromatic ring is 1. The van der Waals surface area contributed by atoms with E-state index >= 15 is 0 Å². The number of thioether (sulfide) groups is 1. The number of aryl methyl sites for hydroxylation is 1. The van der Waals surface area contributed by atoms with Gasteiger partial charge in [-0.05, 0) is 36.8 Å². The van der Waals surface area contributed by atoms with E-state index in [4.69, 9.17) is 10.5 Å². The van der Waals surface area contributed by atoms with Gasteiger partial charge in [0.1, 0.15) is 41.3 Å². The monoisotopic (exact) mass is 380 g/mol. The Bertz CT molecular complexity index is 969. The van der Waals surface area contributed by atoms with Gasteiger partial charge in [-0.2, -0.15) is 5.26 Å². The molecule has 5 nitrogen and oxygen atoms in total. The number of ether oxygens (including phenoxy) is 1.